The maximum atomic E-state index is 15.7. The highest BCUT2D eigenvalue weighted by atomic mass is 35.5. The van der Waals surface area contributed by atoms with E-state index in [1.807, 2.05) is 0 Å². The van der Waals surface area contributed by atoms with Crippen LogP contribution in [0.2, 0.25) is 10.0 Å². The molecule has 13 N–H and O–H groups in total. The Labute approximate surface area is 617 Å². The van der Waals surface area contributed by atoms with Crippen molar-refractivity contribution in [1.82, 2.24) is 72.6 Å². The van der Waals surface area contributed by atoms with Crippen molar-refractivity contribution in [2.75, 3.05) is 45.2 Å². The predicted molar refractivity (Wildman–Crippen MR) is 376 cm³/mol. The number of aliphatic hydroxyl groups is 4. The Morgan fingerprint density at radius 2 is 1.01 bits per heavy atom. The Bertz CT molecular complexity index is 3850. The molecule has 0 bridgehead atoms. The summed E-state index contributed by atoms with van der Waals surface area (Å²) < 4.78 is 5.38. The number of carbonyl (C=O) groups is 12. The van der Waals surface area contributed by atoms with E-state index < -0.39 is 216 Å². The molecule has 11 amide bonds. The summed E-state index contributed by atoms with van der Waals surface area (Å²) in [7, 11) is 1.28. The molecule has 12 rings (SSSR count). The number of methoxy groups -OCH3 is 1. The number of anilines is 1. The van der Waals surface area contributed by atoms with Gasteiger partial charge in [0, 0.05) is 80.0 Å². The largest absolute Gasteiger partial charge is 0.393 e. The van der Waals surface area contributed by atoms with Crippen molar-refractivity contribution in [3.05, 3.63) is 51.0 Å². The van der Waals surface area contributed by atoms with Gasteiger partial charge in [0.15, 0.2) is 5.78 Å². The third kappa shape index (κ3) is 14.0. The standard InChI is InChI=1S/C71H97Cl2N15O17/c1-9-44-53(91)27-37(34(6)89)63(97)84-51(61(95)80-56(33(4)5)68(102)88-50(18-14-21-76-88)65(99)86-48(60(94)77-44)16-12-19-74-86)29-70(103)40-25-38(42(72)23-36(40)24-54(70)84)39-26-41-45(28-43(39)73)79-69-71(41,104)30-52-62(96)81-55(32(2)3)67(101)87-49(17-13-20-75-87)64(98)83-22-11-10-15-47(83)59(93)78-46(31-105-8)58(92)82-57(35(7)90)66(100)85(52)69/h23,25-26,28,32-35,37,44,46-52,54-57,69,74-76,79,89-90,103-104H,9-22,24,27,29-31H2,1-8H3,(H,77,94)(H,78,93)(H,80,95)(H,81,96)(H,82,92)/t34-,35-,37+,44-,46-,47+,48+,49-,50-,51-,52-,54+,55+,56+,57+,69-,70+,71+/m0/s1. The number of ketones is 1. The van der Waals surface area contributed by atoms with E-state index in [0.29, 0.717) is 44.2 Å². The van der Waals surface area contributed by atoms with Crippen LogP contribution < -0.4 is 48.2 Å². The second kappa shape index (κ2) is 30.5. The van der Waals surface area contributed by atoms with E-state index in [-0.39, 0.29) is 96.1 Å². The van der Waals surface area contributed by atoms with Crippen LogP contribution in [0.25, 0.3) is 11.1 Å². The van der Waals surface area contributed by atoms with Crippen LogP contribution in [-0.4, -0.2) is 252 Å². The summed E-state index contributed by atoms with van der Waals surface area (Å²) in [5.74, 6) is -12.1. The van der Waals surface area contributed by atoms with Crippen molar-refractivity contribution in [3.63, 3.8) is 0 Å². The first-order valence-corrected chi connectivity index (χ1v) is 37.5. The number of halogens is 2. The summed E-state index contributed by atoms with van der Waals surface area (Å²) in [5.41, 5.74) is 5.85. The minimum absolute atomic E-state index is 0.00256. The second-order valence-corrected chi connectivity index (χ2v) is 31.3. The lowest BCUT2D eigenvalue weighted by Gasteiger charge is -2.43. The van der Waals surface area contributed by atoms with Crippen molar-refractivity contribution in [3.8, 4) is 11.1 Å². The SMILES string of the molecule is CC[C@@H]1NC(=O)[C@H]2CCCNN2C(=O)[C@@H]2CCCNN2C(=O)[C@@H](C(C)C)NC(=O)[C@@H]2C[C@@]3(O)c4cc(-c5cc6c(cc5Cl)N[C@H]5N7C(=O)[C@@H]([C@H](C)O)NC(=O)[C@H](COC)NC(=O)[C@H]8CCCCN8C(=O)[C@@H]8CCCNN8C(=O)[C@@H](C(C)C)NC(=O)[C@@H]7C[C@@]65O)c(Cl)cc4C[C@H]3N2C(=O)[C@@H]([C@H](C)O)CC1=O. The van der Waals surface area contributed by atoms with Gasteiger partial charge in [-0.1, -0.05) is 57.8 Å². The number of Topliss-reactive ketones (excluding diaryl/α,β-unsaturated/α-hetero) is 1. The maximum Gasteiger partial charge on any atom is 0.261 e. The number of piperidine rings is 1. The van der Waals surface area contributed by atoms with Crippen molar-refractivity contribution < 1.29 is 82.7 Å². The van der Waals surface area contributed by atoms with Crippen LogP contribution in [0, 0.1) is 17.8 Å². The molecule has 572 valence electrons. The van der Waals surface area contributed by atoms with Gasteiger partial charge in [0.2, 0.25) is 47.3 Å². The Balaban J connectivity index is 0.908. The summed E-state index contributed by atoms with van der Waals surface area (Å²) in [6.45, 7) is 11.5. The number of ether oxygens (including phenoxy) is 1. The van der Waals surface area contributed by atoms with Crippen LogP contribution in [0.5, 0.6) is 0 Å². The van der Waals surface area contributed by atoms with Gasteiger partial charge in [-0.15, -0.1) is 0 Å². The molecular formula is C71H97Cl2N15O17. The predicted octanol–water partition coefficient (Wildman–Crippen LogP) is -1.06. The zero-order chi connectivity index (χ0) is 75.7. The first kappa shape index (κ1) is 77.0. The Hall–Kier alpha value is -7.66. The van der Waals surface area contributed by atoms with Gasteiger partial charge in [0.05, 0.1) is 41.8 Å². The molecule has 34 heteroatoms. The zero-order valence-corrected chi connectivity index (χ0v) is 61.7. The molecule has 0 saturated carbocycles. The summed E-state index contributed by atoms with van der Waals surface area (Å²) in [4.78, 5) is 183. The van der Waals surface area contributed by atoms with Crippen LogP contribution >= 0.6 is 23.2 Å². The highest BCUT2D eigenvalue weighted by molar-refractivity contribution is 6.37. The molecule has 2 aromatic rings. The Morgan fingerprint density at radius 3 is 1.58 bits per heavy atom. The molecule has 8 saturated heterocycles. The summed E-state index contributed by atoms with van der Waals surface area (Å²) in [6.07, 6.45) is -3.27. The van der Waals surface area contributed by atoms with E-state index in [9.17, 15) is 49.2 Å². The van der Waals surface area contributed by atoms with Gasteiger partial charge >= 0.3 is 0 Å². The fraction of sp³-hybridized carbons (Fsp3) is 0.662. The Morgan fingerprint density at radius 1 is 0.505 bits per heavy atom. The van der Waals surface area contributed by atoms with Gasteiger partial charge in [-0.2, -0.15) is 0 Å². The smallest absolute Gasteiger partial charge is 0.261 e. The number of hydrazine groups is 3. The lowest BCUT2D eigenvalue weighted by atomic mass is 9.86. The molecule has 32 nitrogen and oxygen atoms in total. The van der Waals surface area contributed by atoms with E-state index in [2.05, 4.69) is 48.2 Å². The van der Waals surface area contributed by atoms with Crippen LogP contribution in [0.4, 0.5) is 5.69 Å². The molecule has 18 atom stereocenters. The molecule has 8 fully saturated rings. The molecule has 0 spiro atoms. The zero-order valence-electron chi connectivity index (χ0n) is 60.2. The van der Waals surface area contributed by atoms with Crippen molar-refractivity contribution in [2.45, 2.75) is 240 Å². The Kier molecular flexibility index (Phi) is 22.4. The van der Waals surface area contributed by atoms with Gasteiger partial charge in [-0.25, -0.2) is 16.3 Å². The minimum atomic E-state index is -2.26. The number of nitrogens with one attached hydrogen (secondary N) is 9. The lowest BCUT2D eigenvalue weighted by Crippen LogP contribution is -2.68. The monoisotopic (exact) mass is 1500 g/mol. The van der Waals surface area contributed by atoms with Gasteiger partial charge in [-0.3, -0.25) is 72.6 Å². The molecule has 9 aliphatic heterocycles. The average Bonchev–Trinajstić information content (AvgIpc) is 1.55. The van der Waals surface area contributed by atoms with Crippen LogP contribution in [0.15, 0.2) is 24.3 Å². The highest BCUT2D eigenvalue weighted by Gasteiger charge is 2.64. The van der Waals surface area contributed by atoms with Crippen molar-refractivity contribution in [2.24, 2.45) is 17.8 Å². The number of carbonyl (C=O) groups excluding carboxylic acids is 12. The van der Waals surface area contributed by atoms with Gasteiger partial charge in [0.1, 0.15) is 77.8 Å². The van der Waals surface area contributed by atoms with Crippen LogP contribution in [0.3, 0.4) is 0 Å². The normalized spacial score (nSPS) is 33.9. The molecule has 0 aromatic heterocycles. The van der Waals surface area contributed by atoms with Gasteiger partial charge < -0.3 is 71.8 Å². The number of nitrogens with zero attached hydrogens (tertiary/aromatic N) is 6. The number of amides is 11. The number of hydrogen-bond acceptors (Lipinski definition) is 21. The van der Waals surface area contributed by atoms with E-state index in [4.69, 9.17) is 27.9 Å². The third-order valence-corrected chi connectivity index (χ3v) is 23.6. The fourth-order valence-electron chi connectivity index (χ4n) is 17.3. The van der Waals surface area contributed by atoms with Gasteiger partial charge in [-0.05, 0) is 132 Å². The van der Waals surface area contributed by atoms with E-state index >= 15 is 28.8 Å². The number of hydrogen-bond donors (Lipinski definition) is 13. The molecule has 9 heterocycles. The van der Waals surface area contributed by atoms with E-state index in [1.54, 1.807) is 40.7 Å². The first-order chi connectivity index (χ1) is 49.8. The second-order valence-electron chi connectivity index (χ2n) is 30.5. The summed E-state index contributed by atoms with van der Waals surface area (Å²) in [5, 5.41) is 70.7. The fourth-order valence-corrected chi connectivity index (χ4v) is 17.9. The topological polar surface area (TPSA) is 423 Å². The lowest BCUT2D eigenvalue weighted by molar-refractivity contribution is -0.161. The molecule has 1 aliphatic carbocycles. The summed E-state index contributed by atoms with van der Waals surface area (Å²) in [6, 6.07) is -10.3. The van der Waals surface area contributed by atoms with E-state index in [0.717, 1.165) is 9.80 Å². The first-order valence-electron chi connectivity index (χ1n) is 36.8. The van der Waals surface area contributed by atoms with Crippen LogP contribution in [-0.2, 0) is 79.9 Å². The molecule has 2 aromatic carbocycles. The highest BCUT2D eigenvalue weighted by Crippen LogP contribution is 2.55. The van der Waals surface area contributed by atoms with Gasteiger partial charge in [0.25, 0.3) is 17.7 Å². The van der Waals surface area contributed by atoms with Crippen molar-refractivity contribution in [1.29, 1.82) is 0 Å². The number of aliphatic hydroxyl groups excluding tert-OH is 2. The van der Waals surface area contributed by atoms with E-state index in [1.165, 1.54) is 59.1 Å². The average molecular weight is 1500 g/mol. The quantitative estimate of drug-likeness (QED) is 0.150. The number of fused-ring (bicyclic) bond motifs is 14. The molecule has 0 radical (unpaired) electrons. The maximum absolute atomic E-state index is 15.7. The molecule has 10 aliphatic rings. The molecular weight excluding hydrogens is 1410 g/mol. The number of rotatable bonds is 8. The summed E-state index contributed by atoms with van der Waals surface area (Å²) >= 11 is 14.6. The molecule has 105 heavy (non-hydrogen) atoms. The van der Waals surface area contributed by atoms with Crippen molar-refractivity contribution >= 4 is 99.7 Å². The third-order valence-electron chi connectivity index (χ3n) is 23.0. The molecule has 0 unspecified atom stereocenters. The minimum Gasteiger partial charge on any atom is -0.393 e. The number of benzene rings is 2. The van der Waals surface area contributed by atoms with Crippen LogP contribution in [0.1, 0.15) is 149 Å².